The zero-order valence-electron chi connectivity index (χ0n) is 17.1. The van der Waals surface area contributed by atoms with Crippen molar-refractivity contribution in [1.82, 2.24) is 0 Å². The summed E-state index contributed by atoms with van der Waals surface area (Å²) >= 11 is 0. The molecule has 2 aromatic carbocycles. The van der Waals surface area contributed by atoms with E-state index in [-0.39, 0.29) is 11.2 Å². The Morgan fingerprint density at radius 3 is 2.69 bits per heavy atom. The lowest BCUT2D eigenvalue weighted by Crippen LogP contribution is -2.42. The van der Waals surface area contributed by atoms with Gasteiger partial charge >= 0.3 is 0 Å². The number of Topliss-reactive ketones (excluding diaryl/α,β-unsaturated/α-hetero) is 1. The van der Waals surface area contributed by atoms with E-state index in [1.807, 2.05) is 6.08 Å². The molecule has 0 radical (unpaired) electrons. The predicted molar refractivity (Wildman–Crippen MR) is 112 cm³/mol. The second-order valence-electron chi connectivity index (χ2n) is 9.19. The fourth-order valence-corrected chi connectivity index (χ4v) is 6.25. The largest absolute Gasteiger partial charge is 0.497 e. The van der Waals surface area contributed by atoms with E-state index < -0.39 is 0 Å². The molecule has 2 saturated carbocycles. The van der Waals surface area contributed by atoms with Crippen LogP contribution in [-0.4, -0.2) is 12.9 Å². The molecule has 2 fully saturated rings. The molecule has 0 amide bonds. The number of halogens is 1. The van der Waals surface area contributed by atoms with Crippen LogP contribution >= 0.6 is 0 Å². The number of allylic oxidation sites excluding steroid dienone is 1. The average molecular weight is 390 g/mol. The predicted octanol–water partition coefficient (Wildman–Crippen LogP) is 5.95. The molecule has 29 heavy (non-hydrogen) atoms. The van der Waals surface area contributed by atoms with Gasteiger partial charge in [-0.1, -0.05) is 25.1 Å². The monoisotopic (exact) mass is 390 g/mol. The summed E-state index contributed by atoms with van der Waals surface area (Å²) in [7, 11) is 1.72. The quantitative estimate of drug-likeness (QED) is 0.592. The van der Waals surface area contributed by atoms with E-state index in [2.05, 4.69) is 25.1 Å². The van der Waals surface area contributed by atoms with Crippen LogP contribution in [0, 0.1) is 23.1 Å². The molecule has 3 heteroatoms. The fourth-order valence-electron chi connectivity index (χ4n) is 6.25. The van der Waals surface area contributed by atoms with Gasteiger partial charge in [-0.2, -0.15) is 0 Å². The molecule has 0 bridgehead atoms. The second-order valence-corrected chi connectivity index (χ2v) is 9.19. The summed E-state index contributed by atoms with van der Waals surface area (Å²) in [6, 6.07) is 13.0. The summed E-state index contributed by atoms with van der Waals surface area (Å²) < 4.78 is 18.7. The molecule has 0 saturated heterocycles. The van der Waals surface area contributed by atoms with Gasteiger partial charge in [-0.05, 0) is 102 Å². The van der Waals surface area contributed by atoms with Crippen LogP contribution < -0.4 is 4.74 Å². The molecule has 0 spiro atoms. The van der Waals surface area contributed by atoms with E-state index in [0.717, 1.165) is 49.0 Å². The lowest BCUT2D eigenvalue weighted by Gasteiger charge is -2.48. The molecule has 0 heterocycles. The number of benzene rings is 2. The third-order valence-corrected chi connectivity index (χ3v) is 7.78. The van der Waals surface area contributed by atoms with Crippen LogP contribution in [-0.2, 0) is 11.2 Å². The van der Waals surface area contributed by atoms with E-state index in [1.54, 1.807) is 19.2 Å². The summed E-state index contributed by atoms with van der Waals surface area (Å²) in [6.07, 6.45) is 7.06. The highest BCUT2D eigenvalue weighted by atomic mass is 19.1. The van der Waals surface area contributed by atoms with Gasteiger partial charge in [-0.25, -0.2) is 4.39 Å². The summed E-state index contributed by atoms with van der Waals surface area (Å²) in [5.74, 6) is 2.49. The molecule has 0 aliphatic heterocycles. The highest BCUT2D eigenvalue weighted by molar-refractivity contribution is 6.06. The number of methoxy groups -OCH3 is 1. The van der Waals surface area contributed by atoms with Crippen LogP contribution in [0.2, 0.25) is 0 Å². The lowest BCUT2D eigenvalue weighted by molar-refractivity contribution is -0.127. The number of carbonyl (C=O) groups excluding carboxylic acids is 1. The molecule has 2 aromatic rings. The summed E-state index contributed by atoms with van der Waals surface area (Å²) in [5, 5.41) is 0. The lowest BCUT2D eigenvalue weighted by atomic mass is 9.55. The van der Waals surface area contributed by atoms with E-state index in [4.69, 9.17) is 4.74 Å². The number of carbonyl (C=O) groups is 1. The van der Waals surface area contributed by atoms with Gasteiger partial charge < -0.3 is 4.74 Å². The number of ether oxygens (including phenoxy) is 1. The third-order valence-electron chi connectivity index (χ3n) is 7.78. The SMILES string of the molecule is COc1ccc2c(c1)CC[C@@H]1[C@@H]2CC[C@@]2(C)C(=O)/C(=C/c3ccc(F)cc3)C[C@H]12. The number of ketones is 1. The molecule has 3 aliphatic rings. The first-order chi connectivity index (χ1) is 14.0. The minimum Gasteiger partial charge on any atom is -0.497 e. The van der Waals surface area contributed by atoms with Gasteiger partial charge in [0.1, 0.15) is 11.6 Å². The van der Waals surface area contributed by atoms with Gasteiger partial charge in [-0.3, -0.25) is 4.79 Å². The maximum absolute atomic E-state index is 13.4. The fraction of sp³-hybridized carbons (Fsp3) is 0.423. The summed E-state index contributed by atoms with van der Waals surface area (Å²) in [5.41, 5.74) is 4.46. The molecule has 5 rings (SSSR count). The Balaban J connectivity index is 1.47. The zero-order valence-corrected chi connectivity index (χ0v) is 17.1. The molecule has 150 valence electrons. The number of hydrogen-bond acceptors (Lipinski definition) is 2. The topological polar surface area (TPSA) is 26.3 Å². The smallest absolute Gasteiger partial charge is 0.165 e. The van der Waals surface area contributed by atoms with Gasteiger partial charge in [-0.15, -0.1) is 0 Å². The van der Waals surface area contributed by atoms with Crippen molar-refractivity contribution in [2.45, 2.75) is 44.9 Å². The summed E-state index contributed by atoms with van der Waals surface area (Å²) in [4.78, 5) is 13.4. The Labute approximate surface area is 171 Å². The Morgan fingerprint density at radius 1 is 1.14 bits per heavy atom. The molecule has 4 atom stereocenters. The van der Waals surface area contributed by atoms with Crippen LogP contribution in [0.1, 0.15) is 55.2 Å². The Morgan fingerprint density at radius 2 is 1.93 bits per heavy atom. The van der Waals surface area contributed by atoms with Crippen LogP contribution in [0.4, 0.5) is 4.39 Å². The van der Waals surface area contributed by atoms with E-state index in [0.29, 0.717) is 23.5 Å². The molecule has 3 aliphatic carbocycles. The number of hydrogen-bond donors (Lipinski definition) is 0. The number of rotatable bonds is 2. The van der Waals surface area contributed by atoms with Gasteiger partial charge in [0.2, 0.25) is 0 Å². The Hall–Kier alpha value is -2.42. The highest BCUT2D eigenvalue weighted by Gasteiger charge is 2.56. The maximum atomic E-state index is 13.4. The molecule has 0 unspecified atom stereocenters. The molecule has 2 nitrogen and oxygen atoms in total. The number of aryl methyl sites for hydroxylation is 1. The molecule has 0 N–H and O–H groups in total. The van der Waals surface area contributed by atoms with Crippen molar-refractivity contribution in [1.29, 1.82) is 0 Å². The van der Waals surface area contributed by atoms with Crippen molar-refractivity contribution in [3.8, 4) is 5.75 Å². The normalized spacial score (nSPS) is 31.9. The zero-order chi connectivity index (χ0) is 20.2. The Bertz CT molecular complexity index is 990. The van der Waals surface area contributed by atoms with Crippen LogP contribution in [0.25, 0.3) is 6.08 Å². The Kier molecular flexibility index (Phi) is 4.38. The average Bonchev–Trinajstić information content (AvgIpc) is 2.99. The molecule has 0 aromatic heterocycles. The van der Waals surface area contributed by atoms with Crippen molar-refractivity contribution in [3.05, 3.63) is 70.5 Å². The maximum Gasteiger partial charge on any atom is 0.165 e. The highest BCUT2D eigenvalue weighted by Crippen LogP contribution is 2.60. The minimum atomic E-state index is -0.253. The molecular formula is C26H27FO2. The van der Waals surface area contributed by atoms with Gasteiger partial charge in [0.15, 0.2) is 5.78 Å². The minimum absolute atomic E-state index is 0.245. The number of fused-ring (bicyclic) bond motifs is 5. The van der Waals surface area contributed by atoms with E-state index in [1.165, 1.54) is 23.3 Å². The second kappa shape index (κ2) is 6.83. The van der Waals surface area contributed by atoms with Crippen molar-refractivity contribution in [2.75, 3.05) is 7.11 Å². The van der Waals surface area contributed by atoms with E-state index in [9.17, 15) is 9.18 Å². The van der Waals surface area contributed by atoms with Crippen LogP contribution in [0.5, 0.6) is 5.75 Å². The first-order valence-corrected chi connectivity index (χ1v) is 10.7. The standard InChI is InChI=1S/C26H27FO2/c1-26-12-11-22-21-10-8-20(29-2)14-17(21)5-9-23(22)24(26)15-18(25(26)28)13-16-3-6-19(27)7-4-16/h3-4,6-8,10,13-14,22-24H,5,9,11-12,15H2,1-2H3/b18-13+/t22-,23-,24-,26-/m1/s1. The van der Waals surface area contributed by atoms with Crippen LogP contribution in [0.15, 0.2) is 48.0 Å². The van der Waals surface area contributed by atoms with E-state index >= 15 is 0 Å². The third kappa shape index (κ3) is 2.94. The van der Waals surface area contributed by atoms with Gasteiger partial charge in [0, 0.05) is 5.41 Å². The van der Waals surface area contributed by atoms with Crippen LogP contribution in [0.3, 0.4) is 0 Å². The van der Waals surface area contributed by atoms with Crippen molar-refractivity contribution in [2.24, 2.45) is 17.3 Å². The first-order valence-electron chi connectivity index (χ1n) is 10.7. The first kappa shape index (κ1) is 18.6. The van der Waals surface area contributed by atoms with Crippen molar-refractivity contribution in [3.63, 3.8) is 0 Å². The molecular weight excluding hydrogens is 363 g/mol. The van der Waals surface area contributed by atoms with Gasteiger partial charge in [0.05, 0.1) is 7.11 Å². The van der Waals surface area contributed by atoms with Crippen molar-refractivity contribution >= 4 is 11.9 Å². The van der Waals surface area contributed by atoms with Crippen molar-refractivity contribution < 1.29 is 13.9 Å². The summed E-state index contributed by atoms with van der Waals surface area (Å²) in [6.45, 7) is 2.19. The van der Waals surface area contributed by atoms with Gasteiger partial charge in [0.25, 0.3) is 0 Å².